The van der Waals surface area contributed by atoms with Gasteiger partial charge in [0.05, 0.1) is 18.2 Å². The maximum atomic E-state index is 13.1. The van der Waals surface area contributed by atoms with Crippen molar-refractivity contribution in [3.8, 4) is 11.3 Å². The summed E-state index contributed by atoms with van der Waals surface area (Å²) in [4.78, 5) is 38.8. The Morgan fingerprint density at radius 2 is 1.84 bits per heavy atom. The van der Waals surface area contributed by atoms with Gasteiger partial charge in [0.15, 0.2) is 5.16 Å². The molecule has 8 heteroatoms. The quantitative estimate of drug-likeness (QED) is 0.188. The van der Waals surface area contributed by atoms with E-state index in [-0.39, 0.29) is 17.8 Å². The van der Waals surface area contributed by atoms with Crippen LogP contribution in [0.3, 0.4) is 0 Å². The largest absolute Gasteiger partial charge is 0.466 e. The van der Waals surface area contributed by atoms with Crippen LogP contribution in [0.4, 0.5) is 5.82 Å². The topological polar surface area (TPSA) is 75.6 Å². The number of carbonyl (C=O) groups is 2. The molecule has 1 unspecified atom stereocenters. The van der Waals surface area contributed by atoms with Crippen molar-refractivity contribution in [2.45, 2.75) is 44.0 Å². The van der Waals surface area contributed by atoms with E-state index in [0.29, 0.717) is 31.0 Å². The monoisotopic (exact) mass is 532 g/mol. The molecule has 7 nitrogen and oxygen atoms in total. The third kappa shape index (κ3) is 7.13. The molecule has 0 aliphatic carbocycles. The molecule has 1 saturated heterocycles. The molecule has 1 amide bonds. The zero-order valence-corrected chi connectivity index (χ0v) is 23.2. The Morgan fingerprint density at radius 3 is 2.55 bits per heavy atom. The molecule has 38 heavy (non-hydrogen) atoms. The van der Waals surface area contributed by atoms with Crippen LogP contribution in [0.2, 0.25) is 0 Å². The van der Waals surface area contributed by atoms with E-state index in [9.17, 15) is 9.59 Å². The predicted molar refractivity (Wildman–Crippen MR) is 152 cm³/mol. The van der Waals surface area contributed by atoms with Gasteiger partial charge in [0.1, 0.15) is 5.82 Å². The SMILES string of the molecule is CCCN(C)c1cc(-c2ccccc2)nc(SCc2ccc(C(=O)N3CCCC(C(=O)OCC)C3)cc2)n1. The summed E-state index contributed by atoms with van der Waals surface area (Å²) < 4.78 is 5.17. The van der Waals surface area contributed by atoms with Gasteiger partial charge in [-0.3, -0.25) is 9.59 Å². The van der Waals surface area contributed by atoms with Crippen molar-refractivity contribution in [2.75, 3.05) is 38.2 Å². The number of amides is 1. The van der Waals surface area contributed by atoms with E-state index >= 15 is 0 Å². The Bertz CT molecular complexity index is 1220. The van der Waals surface area contributed by atoms with Gasteiger partial charge in [-0.15, -0.1) is 0 Å². The maximum absolute atomic E-state index is 13.1. The Labute approximate surface area is 229 Å². The lowest BCUT2D eigenvalue weighted by Crippen LogP contribution is -2.42. The number of nitrogens with zero attached hydrogens (tertiary/aromatic N) is 4. The number of rotatable bonds is 10. The zero-order chi connectivity index (χ0) is 26.9. The molecule has 0 N–H and O–H groups in total. The summed E-state index contributed by atoms with van der Waals surface area (Å²) in [7, 11) is 2.06. The van der Waals surface area contributed by atoms with Gasteiger partial charge < -0.3 is 14.5 Å². The van der Waals surface area contributed by atoms with Crippen LogP contribution in [-0.4, -0.2) is 60.0 Å². The minimum absolute atomic E-state index is 0.0410. The van der Waals surface area contributed by atoms with Crippen molar-refractivity contribution < 1.29 is 14.3 Å². The number of carbonyl (C=O) groups excluding carboxylic acids is 2. The molecule has 200 valence electrons. The summed E-state index contributed by atoms with van der Waals surface area (Å²) >= 11 is 1.59. The molecule has 4 rings (SSSR count). The summed E-state index contributed by atoms with van der Waals surface area (Å²) in [5.74, 6) is 1.11. The normalized spacial score (nSPS) is 15.2. The number of hydrogen-bond donors (Lipinski definition) is 0. The van der Waals surface area contributed by atoms with Crippen LogP contribution in [0.5, 0.6) is 0 Å². The van der Waals surface area contributed by atoms with E-state index < -0.39 is 0 Å². The third-order valence-electron chi connectivity index (χ3n) is 6.61. The van der Waals surface area contributed by atoms with Crippen LogP contribution in [0, 0.1) is 5.92 Å². The number of thioether (sulfide) groups is 1. The molecule has 3 aromatic rings. The number of anilines is 1. The first kappa shape index (κ1) is 27.6. The van der Waals surface area contributed by atoms with E-state index in [4.69, 9.17) is 14.7 Å². The van der Waals surface area contributed by atoms with Crippen LogP contribution in [-0.2, 0) is 15.3 Å². The average Bonchev–Trinajstić information content (AvgIpc) is 2.96. The van der Waals surface area contributed by atoms with E-state index in [2.05, 4.69) is 31.0 Å². The van der Waals surface area contributed by atoms with Gasteiger partial charge in [-0.05, 0) is 43.9 Å². The molecule has 0 bridgehead atoms. The molecule has 1 aromatic heterocycles. The number of esters is 1. The molecule has 2 aromatic carbocycles. The van der Waals surface area contributed by atoms with E-state index in [1.165, 1.54) is 0 Å². The smallest absolute Gasteiger partial charge is 0.310 e. The van der Waals surface area contributed by atoms with Gasteiger partial charge in [0.2, 0.25) is 0 Å². The fourth-order valence-electron chi connectivity index (χ4n) is 4.57. The average molecular weight is 533 g/mol. The van der Waals surface area contributed by atoms with Crippen LogP contribution < -0.4 is 4.90 Å². The summed E-state index contributed by atoms with van der Waals surface area (Å²) in [6, 6.07) is 19.9. The highest BCUT2D eigenvalue weighted by molar-refractivity contribution is 7.98. The lowest BCUT2D eigenvalue weighted by atomic mass is 9.97. The van der Waals surface area contributed by atoms with Crippen molar-refractivity contribution in [3.63, 3.8) is 0 Å². The van der Waals surface area contributed by atoms with Gasteiger partial charge >= 0.3 is 5.97 Å². The van der Waals surface area contributed by atoms with Crippen molar-refractivity contribution >= 4 is 29.5 Å². The van der Waals surface area contributed by atoms with Crippen molar-refractivity contribution in [1.82, 2.24) is 14.9 Å². The summed E-state index contributed by atoms with van der Waals surface area (Å²) in [6.07, 6.45) is 2.61. The van der Waals surface area contributed by atoms with Crippen LogP contribution in [0.15, 0.2) is 65.8 Å². The number of benzene rings is 2. The first-order valence-corrected chi connectivity index (χ1v) is 14.3. The maximum Gasteiger partial charge on any atom is 0.310 e. The Kier molecular flexibility index (Phi) is 9.76. The molecule has 1 aliphatic heterocycles. The van der Waals surface area contributed by atoms with Crippen LogP contribution in [0.1, 0.15) is 49.0 Å². The molecule has 0 saturated carbocycles. The van der Waals surface area contributed by atoms with Gasteiger partial charge in [0.25, 0.3) is 5.91 Å². The fourth-order valence-corrected chi connectivity index (χ4v) is 5.38. The third-order valence-corrected chi connectivity index (χ3v) is 7.53. The van der Waals surface area contributed by atoms with Gasteiger partial charge in [-0.1, -0.05) is 61.2 Å². The standard InChI is InChI=1S/C30H36N4O3S/c1-4-17-33(3)27-19-26(23-10-7-6-8-11-23)31-30(32-27)38-21-22-13-15-24(16-14-22)28(35)34-18-9-12-25(20-34)29(36)37-5-2/h6-8,10-11,13-16,19,25H,4-5,9,12,17-18,20-21H2,1-3H3. The molecule has 1 fully saturated rings. The first-order valence-electron chi connectivity index (χ1n) is 13.3. The molecule has 2 heterocycles. The lowest BCUT2D eigenvalue weighted by Gasteiger charge is -2.31. The molecular formula is C30H36N4O3S. The molecular weight excluding hydrogens is 496 g/mol. The van der Waals surface area contributed by atoms with Crippen molar-refractivity contribution in [1.29, 1.82) is 0 Å². The minimum atomic E-state index is -0.240. The molecule has 1 aliphatic rings. The highest BCUT2D eigenvalue weighted by Gasteiger charge is 2.29. The zero-order valence-electron chi connectivity index (χ0n) is 22.4. The highest BCUT2D eigenvalue weighted by Crippen LogP contribution is 2.27. The minimum Gasteiger partial charge on any atom is -0.466 e. The first-order chi connectivity index (χ1) is 18.5. The van der Waals surface area contributed by atoms with Crippen LogP contribution in [0.25, 0.3) is 11.3 Å². The van der Waals surface area contributed by atoms with E-state index in [1.54, 1.807) is 23.6 Å². The van der Waals surface area contributed by atoms with Gasteiger partial charge in [0, 0.05) is 49.6 Å². The summed E-state index contributed by atoms with van der Waals surface area (Å²) in [5, 5.41) is 0.725. The molecule has 0 radical (unpaired) electrons. The van der Waals surface area contributed by atoms with Gasteiger partial charge in [-0.25, -0.2) is 9.97 Å². The number of hydrogen-bond acceptors (Lipinski definition) is 7. The van der Waals surface area contributed by atoms with Crippen LogP contribution >= 0.6 is 11.8 Å². The second-order valence-corrected chi connectivity index (χ2v) is 10.5. The Morgan fingerprint density at radius 1 is 1.08 bits per heavy atom. The van der Waals surface area contributed by atoms with E-state index in [1.807, 2.05) is 48.5 Å². The van der Waals surface area contributed by atoms with E-state index in [0.717, 1.165) is 53.6 Å². The second kappa shape index (κ2) is 13.4. The van der Waals surface area contributed by atoms with Crippen molar-refractivity contribution in [3.05, 3.63) is 71.8 Å². The number of piperidine rings is 1. The summed E-state index contributed by atoms with van der Waals surface area (Å²) in [5.41, 5.74) is 3.69. The Hall–Kier alpha value is -3.39. The molecule has 0 spiro atoms. The molecule has 1 atom stereocenters. The lowest BCUT2D eigenvalue weighted by molar-refractivity contribution is -0.149. The second-order valence-electron chi connectivity index (χ2n) is 9.51. The fraction of sp³-hybridized carbons (Fsp3) is 0.400. The van der Waals surface area contributed by atoms with Gasteiger partial charge in [-0.2, -0.15) is 0 Å². The Balaban J connectivity index is 1.43. The number of ether oxygens (including phenoxy) is 1. The predicted octanol–water partition coefficient (Wildman–Crippen LogP) is 5.70. The van der Waals surface area contributed by atoms with Crippen molar-refractivity contribution in [2.24, 2.45) is 5.92 Å². The summed E-state index contributed by atoms with van der Waals surface area (Å²) in [6.45, 7) is 6.32. The highest BCUT2D eigenvalue weighted by atomic mass is 32.2. The number of likely N-dealkylation sites (tertiary alicyclic amines) is 1. The number of aromatic nitrogens is 2.